The summed E-state index contributed by atoms with van der Waals surface area (Å²) in [5.41, 5.74) is 7.32. The van der Waals surface area contributed by atoms with Crippen molar-refractivity contribution in [2.75, 3.05) is 29.0 Å². The molecule has 1 aliphatic rings. The summed E-state index contributed by atoms with van der Waals surface area (Å²) >= 11 is 0. The van der Waals surface area contributed by atoms with E-state index in [0.29, 0.717) is 18.0 Å². The molecule has 0 radical (unpaired) electrons. The van der Waals surface area contributed by atoms with Gasteiger partial charge in [-0.25, -0.2) is 14.4 Å². The van der Waals surface area contributed by atoms with Crippen LogP contribution in [-0.2, 0) is 4.79 Å². The summed E-state index contributed by atoms with van der Waals surface area (Å²) in [6.07, 6.45) is 6.09. The SMILES string of the molecule is CC(=O)C1CCCN(c2ccncc2NC(=O)c2nc(-c3cc(OC(C)C)ccc3F)cnc2N)C1. The van der Waals surface area contributed by atoms with Crippen molar-refractivity contribution in [2.24, 2.45) is 5.92 Å². The molecule has 1 amide bonds. The van der Waals surface area contributed by atoms with Gasteiger partial charge in [0.15, 0.2) is 11.5 Å². The second-order valence-electron chi connectivity index (χ2n) is 9.04. The van der Waals surface area contributed by atoms with Gasteiger partial charge in [0, 0.05) is 30.8 Å². The van der Waals surface area contributed by atoms with Crippen molar-refractivity contribution in [1.82, 2.24) is 15.0 Å². The second kappa shape index (κ2) is 10.7. The average Bonchev–Trinajstić information content (AvgIpc) is 2.85. The van der Waals surface area contributed by atoms with Crippen molar-refractivity contribution < 1.29 is 18.7 Å². The quantitative estimate of drug-likeness (QED) is 0.505. The average molecular weight is 493 g/mol. The number of pyridine rings is 1. The lowest BCUT2D eigenvalue weighted by molar-refractivity contribution is -0.120. The molecule has 188 valence electrons. The van der Waals surface area contributed by atoms with E-state index in [1.54, 1.807) is 19.2 Å². The number of nitrogen functional groups attached to an aromatic ring is 1. The Labute approximate surface area is 208 Å². The van der Waals surface area contributed by atoms with Crippen LogP contribution >= 0.6 is 0 Å². The minimum absolute atomic E-state index is 0.0565. The number of anilines is 3. The van der Waals surface area contributed by atoms with Crippen molar-refractivity contribution in [2.45, 2.75) is 39.7 Å². The number of nitrogens with two attached hydrogens (primary N) is 1. The zero-order valence-corrected chi connectivity index (χ0v) is 20.5. The number of hydrogen-bond acceptors (Lipinski definition) is 8. The molecular weight excluding hydrogens is 463 g/mol. The number of nitrogens with one attached hydrogen (secondary N) is 1. The minimum atomic E-state index is -0.605. The van der Waals surface area contributed by atoms with Crippen molar-refractivity contribution in [3.63, 3.8) is 0 Å². The summed E-state index contributed by atoms with van der Waals surface area (Å²) in [6.45, 7) is 6.65. The molecule has 1 fully saturated rings. The van der Waals surface area contributed by atoms with E-state index in [1.165, 1.54) is 30.6 Å². The van der Waals surface area contributed by atoms with E-state index in [2.05, 4.69) is 25.2 Å². The first kappa shape index (κ1) is 25.0. The van der Waals surface area contributed by atoms with Gasteiger partial charge in [-0.3, -0.25) is 14.6 Å². The van der Waals surface area contributed by atoms with Crippen molar-refractivity contribution >= 4 is 28.9 Å². The second-order valence-corrected chi connectivity index (χ2v) is 9.04. The maximum Gasteiger partial charge on any atom is 0.278 e. The maximum absolute atomic E-state index is 14.6. The Hall–Kier alpha value is -4.08. The van der Waals surface area contributed by atoms with Crippen LogP contribution in [0.3, 0.4) is 0 Å². The number of benzene rings is 1. The summed E-state index contributed by atoms with van der Waals surface area (Å²) in [4.78, 5) is 39.7. The fourth-order valence-corrected chi connectivity index (χ4v) is 4.21. The first-order valence-corrected chi connectivity index (χ1v) is 11.8. The van der Waals surface area contributed by atoms with Gasteiger partial charge in [0.05, 0.1) is 35.6 Å². The van der Waals surface area contributed by atoms with E-state index in [1.807, 2.05) is 13.8 Å². The summed E-state index contributed by atoms with van der Waals surface area (Å²) < 4.78 is 20.3. The number of rotatable bonds is 7. The third kappa shape index (κ3) is 5.59. The Bertz CT molecular complexity index is 1280. The molecule has 10 heteroatoms. The zero-order chi connectivity index (χ0) is 25.8. The largest absolute Gasteiger partial charge is 0.491 e. The highest BCUT2D eigenvalue weighted by molar-refractivity contribution is 6.07. The van der Waals surface area contributed by atoms with E-state index in [9.17, 15) is 14.0 Å². The first-order chi connectivity index (χ1) is 17.2. The van der Waals surface area contributed by atoms with Crippen LogP contribution in [-0.4, -0.2) is 45.8 Å². The van der Waals surface area contributed by atoms with Gasteiger partial charge in [0.1, 0.15) is 17.3 Å². The van der Waals surface area contributed by atoms with Crippen LogP contribution in [0.25, 0.3) is 11.3 Å². The highest BCUT2D eigenvalue weighted by Crippen LogP contribution is 2.31. The molecule has 0 bridgehead atoms. The Morgan fingerprint density at radius 1 is 1.25 bits per heavy atom. The minimum Gasteiger partial charge on any atom is -0.491 e. The normalized spacial score (nSPS) is 15.6. The standard InChI is InChI=1S/C26H29FN6O3/c1-15(2)36-18-6-7-20(27)19(11-18)21-13-30-25(28)24(31-21)26(35)32-22-12-29-9-8-23(22)33-10-4-5-17(14-33)16(3)34/h6-9,11-13,15,17H,4-5,10,14H2,1-3H3,(H2,28,30)(H,32,35). The zero-order valence-electron chi connectivity index (χ0n) is 20.5. The summed E-state index contributed by atoms with van der Waals surface area (Å²) in [5, 5.41) is 2.81. The van der Waals surface area contributed by atoms with Crippen LogP contribution in [0, 0.1) is 11.7 Å². The molecule has 0 spiro atoms. The molecule has 4 rings (SSSR count). The van der Waals surface area contributed by atoms with Crippen LogP contribution in [0.2, 0.25) is 0 Å². The van der Waals surface area contributed by atoms with Crippen molar-refractivity contribution in [1.29, 1.82) is 0 Å². The molecule has 1 saturated heterocycles. The van der Waals surface area contributed by atoms with Gasteiger partial charge in [-0.05, 0) is 57.9 Å². The number of ketones is 1. The van der Waals surface area contributed by atoms with Crippen LogP contribution in [0.1, 0.15) is 44.1 Å². The molecule has 1 atom stereocenters. The maximum atomic E-state index is 14.6. The Morgan fingerprint density at radius 2 is 2.06 bits per heavy atom. The number of halogens is 1. The van der Waals surface area contributed by atoms with Crippen molar-refractivity contribution in [3.8, 4) is 17.0 Å². The molecule has 3 aromatic rings. The molecule has 0 saturated carbocycles. The number of amides is 1. The van der Waals surface area contributed by atoms with E-state index >= 15 is 0 Å². The third-order valence-electron chi connectivity index (χ3n) is 5.98. The fourth-order valence-electron chi connectivity index (χ4n) is 4.21. The summed E-state index contributed by atoms with van der Waals surface area (Å²) in [6, 6.07) is 6.11. The molecule has 3 heterocycles. The first-order valence-electron chi connectivity index (χ1n) is 11.8. The highest BCUT2D eigenvalue weighted by Gasteiger charge is 2.26. The van der Waals surface area contributed by atoms with Gasteiger partial charge >= 0.3 is 0 Å². The molecule has 9 nitrogen and oxygen atoms in total. The lowest BCUT2D eigenvalue weighted by Crippen LogP contribution is -2.38. The predicted molar refractivity (Wildman–Crippen MR) is 135 cm³/mol. The molecule has 36 heavy (non-hydrogen) atoms. The van der Waals surface area contributed by atoms with Gasteiger partial charge in [-0.2, -0.15) is 0 Å². The molecule has 1 aliphatic heterocycles. The molecular formula is C26H29FN6O3. The molecule has 3 N–H and O–H groups in total. The van der Waals surface area contributed by atoms with Crippen LogP contribution in [0.5, 0.6) is 5.75 Å². The van der Waals surface area contributed by atoms with Gasteiger partial charge in [0.2, 0.25) is 0 Å². The van der Waals surface area contributed by atoms with Gasteiger partial charge in [0.25, 0.3) is 5.91 Å². The predicted octanol–water partition coefficient (Wildman–Crippen LogP) is 4.10. The number of nitrogens with zero attached hydrogens (tertiary/aromatic N) is 4. The fraction of sp³-hybridized carbons (Fsp3) is 0.346. The number of piperidine rings is 1. The molecule has 1 aromatic carbocycles. The summed E-state index contributed by atoms with van der Waals surface area (Å²) in [7, 11) is 0. The number of carbonyl (C=O) groups is 2. The number of ether oxygens (including phenoxy) is 1. The molecule has 1 unspecified atom stereocenters. The monoisotopic (exact) mass is 492 g/mol. The van der Waals surface area contributed by atoms with Crippen LogP contribution in [0.4, 0.5) is 21.6 Å². The van der Waals surface area contributed by atoms with E-state index < -0.39 is 11.7 Å². The summed E-state index contributed by atoms with van der Waals surface area (Å²) in [5.74, 6) is -0.668. The van der Waals surface area contributed by atoms with E-state index in [4.69, 9.17) is 10.5 Å². The highest BCUT2D eigenvalue weighted by atomic mass is 19.1. The van der Waals surface area contributed by atoms with E-state index in [-0.39, 0.29) is 40.6 Å². The molecule has 0 aliphatic carbocycles. The molecule has 2 aromatic heterocycles. The Kier molecular flexibility index (Phi) is 7.42. The topological polar surface area (TPSA) is 123 Å². The lowest BCUT2D eigenvalue weighted by Gasteiger charge is -2.34. The van der Waals surface area contributed by atoms with Gasteiger partial charge in [-0.1, -0.05) is 0 Å². The number of aromatic nitrogens is 3. The van der Waals surface area contributed by atoms with Crippen LogP contribution < -0.4 is 20.7 Å². The Balaban J connectivity index is 1.61. The number of carbonyl (C=O) groups excluding carboxylic acids is 2. The Morgan fingerprint density at radius 3 is 2.81 bits per heavy atom. The number of Topliss-reactive ketones (excluding diaryl/α,β-unsaturated/α-hetero) is 1. The van der Waals surface area contributed by atoms with E-state index in [0.717, 1.165) is 25.1 Å². The van der Waals surface area contributed by atoms with Gasteiger partial charge in [-0.15, -0.1) is 0 Å². The number of hydrogen-bond donors (Lipinski definition) is 2. The van der Waals surface area contributed by atoms with Crippen LogP contribution in [0.15, 0.2) is 42.9 Å². The third-order valence-corrected chi connectivity index (χ3v) is 5.98. The lowest BCUT2D eigenvalue weighted by atomic mass is 9.94. The smallest absolute Gasteiger partial charge is 0.278 e. The van der Waals surface area contributed by atoms with Gasteiger partial charge < -0.3 is 20.7 Å². The van der Waals surface area contributed by atoms with Crippen molar-refractivity contribution in [3.05, 3.63) is 54.4 Å².